The zero-order valence-electron chi connectivity index (χ0n) is 16.4. The van der Waals surface area contributed by atoms with Crippen LogP contribution in [-0.2, 0) is 12.6 Å². The van der Waals surface area contributed by atoms with E-state index in [9.17, 15) is 18.0 Å². The summed E-state index contributed by atoms with van der Waals surface area (Å²) < 4.78 is 39.3. The molecule has 0 bridgehead atoms. The molecule has 152 valence electrons. The second-order valence-electron chi connectivity index (χ2n) is 8.16. The lowest BCUT2D eigenvalue weighted by Crippen LogP contribution is -2.14. The van der Waals surface area contributed by atoms with Crippen LogP contribution >= 0.6 is 11.3 Å². The fourth-order valence-electron chi connectivity index (χ4n) is 3.24. The van der Waals surface area contributed by atoms with E-state index in [1.54, 1.807) is 0 Å². The first-order valence-corrected chi connectivity index (χ1v) is 9.97. The van der Waals surface area contributed by atoms with Gasteiger partial charge in [-0.25, -0.2) is 0 Å². The molecule has 0 spiro atoms. The Hall–Kier alpha value is -2.60. The summed E-state index contributed by atoms with van der Waals surface area (Å²) in [6.45, 7) is 6.15. The van der Waals surface area contributed by atoms with E-state index < -0.39 is 17.5 Å². The maximum atomic E-state index is 13.3. The third-order valence-corrected chi connectivity index (χ3v) is 5.57. The van der Waals surface area contributed by atoms with Crippen molar-refractivity contribution in [3.05, 3.63) is 76.9 Å². The number of nitrogens with two attached hydrogens (primary N) is 1. The second-order valence-corrected chi connectivity index (χ2v) is 9.21. The highest BCUT2D eigenvalue weighted by Gasteiger charge is 2.32. The highest BCUT2D eigenvalue weighted by Crippen LogP contribution is 2.42. The van der Waals surface area contributed by atoms with Crippen molar-refractivity contribution >= 4 is 22.1 Å². The monoisotopic (exact) mass is 417 g/mol. The molecular formula is C23H22F3NOS. The number of benzene rings is 2. The Morgan fingerprint density at radius 3 is 2.24 bits per heavy atom. The van der Waals surface area contributed by atoms with Crippen molar-refractivity contribution in [1.29, 1.82) is 0 Å². The molecule has 6 heteroatoms. The number of carbonyl (C=O) groups excluding carboxylic acids is 1. The number of hydrogen-bond donors (Lipinski definition) is 1. The summed E-state index contributed by atoms with van der Waals surface area (Å²) >= 11 is 1.30. The SMILES string of the molecule is CC(C)(C)Cc1c(-c2ccccc2)sc(N)c1C(=O)c1cccc(C(F)(F)F)c1. The van der Waals surface area contributed by atoms with Crippen molar-refractivity contribution in [2.75, 3.05) is 5.73 Å². The van der Waals surface area contributed by atoms with E-state index >= 15 is 0 Å². The highest BCUT2D eigenvalue weighted by atomic mass is 32.1. The molecule has 2 nitrogen and oxygen atoms in total. The fraction of sp³-hybridized carbons (Fsp3) is 0.261. The predicted octanol–water partition coefficient (Wildman–Crippen LogP) is 6.84. The molecule has 0 aliphatic heterocycles. The Morgan fingerprint density at radius 1 is 1.00 bits per heavy atom. The molecule has 0 amide bonds. The minimum Gasteiger partial charge on any atom is -0.390 e. The van der Waals surface area contributed by atoms with Crippen LogP contribution in [0.5, 0.6) is 0 Å². The predicted molar refractivity (Wildman–Crippen MR) is 112 cm³/mol. The van der Waals surface area contributed by atoms with Gasteiger partial charge in [0.1, 0.15) is 0 Å². The minimum atomic E-state index is -4.51. The van der Waals surface area contributed by atoms with Gasteiger partial charge in [-0.05, 0) is 35.1 Å². The van der Waals surface area contributed by atoms with Crippen molar-refractivity contribution in [3.63, 3.8) is 0 Å². The van der Waals surface area contributed by atoms with Gasteiger partial charge in [0.2, 0.25) is 0 Å². The van der Waals surface area contributed by atoms with Crippen LogP contribution in [0.2, 0.25) is 0 Å². The van der Waals surface area contributed by atoms with Crippen LogP contribution in [0.15, 0.2) is 54.6 Å². The molecule has 0 radical (unpaired) electrons. The zero-order chi connectivity index (χ0) is 21.4. The van der Waals surface area contributed by atoms with Gasteiger partial charge in [-0.15, -0.1) is 11.3 Å². The first kappa shape index (κ1) is 21.1. The van der Waals surface area contributed by atoms with E-state index in [1.165, 1.54) is 23.5 Å². The summed E-state index contributed by atoms with van der Waals surface area (Å²) in [5.41, 5.74) is 7.26. The van der Waals surface area contributed by atoms with Crippen LogP contribution in [0.3, 0.4) is 0 Å². The fourth-order valence-corrected chi connectivity index (χ4v) is 4.33. The Bertz CT molecular complexity index is 1030. The number of thiophene rings is 1. The van der Waals surface area contributed by atoms with Gasteiger partial charge in [0.05, 0.1) is 16.1 Å². The van der Waals surface area contributed by atoms with Crippen LogP contribution in [0.4, 0.5) is 18.2 Å². The van der Waals surface area contributed by atoms with Gasteiger partial charge in [0.15, 0.2) is 5.78 Å². The lowest BCUT2D eigenvalue weighted by molar-refractivity contribution is -0.137. The van der Waals surface area contributed by atoms with Crippen LogP contribution in [-0.4, -0.2) is 5.78 Å². The Morgan fingerprint density at radius 2 is 1.66 bits per heavy atom. The lowest BCUT2D eigenvalue weighted by atomic mass is 9.84. The molecule has 0 saturated heterocycles. The van der Waals surface area contributed by atoms with Gasteiger partial charge in [-0.3, -0.25) is 4.79 Å². The highest BCUT2D eigenvalue weighted by molar-refractivity contribution is 7.20. The average molecular weight is 417 g/mol. The van der Waals surface area contributed by atoms with Gasteiger partial charge in [0.25, 0.3) is 0 Å². The molecule has 0 fully saturated rings. The van der Waals surface area contributed by atoms with E-state index in [2.05, 4.69) is 0 Å². The summed E-state index contributed by atoms with van der Waals surface area (Å²) in [5, 5.41) is 0.325. The van der Waals surface area contributed by atoms with Gasteiger partial charge < -0.3 is 5.73 Å². The molecule has 0 unspecified atom stereocenters. The number of alkyl halides is 3. The number of carbonyl (C=O) groups is 1. The van der Waals surface area contributed by atoms with Crippen molar-refractivity contribution in [3.8, 4) is 10.4 Å². The Balaban J connectivity index is 2.16. The molecule has 0 saturated carbocycles. The van der Waals surface area contributed by atoms with Crippen molar-refractivity contribution in [2.24, 2.45) is 5.41 Å². The summed E-state index contributed by atoms with van der Waals surface area (Å²) in [6, 6.07) is 14.1. The summed E-state index contributed by atoms with van der Waals surface area (Å²) in [7, 11) is 0. The van der Waals surface area contributed by atoms with E-state index in [-0.39, 0.29) is 11.0 Å². The first-order valence-electron chi connectivity index (χ1n) is 9.16. The van der Waals surface area contributed by atoms with Gasteiger partial charge in [-0.1, -0.05) is 63.2 Å². The largest absolute Gasteiger partial charge is 0.416 e. The smallest absolute Gasteiger partial charge is 0.390 e. The number of nitrogen functional groups attached to an aromatic ring is 1. The molecule has 0 aliphatic carbocycles. The average Bonchev–Trinajstić information content (AvgIpc) is 2.95. The van der Waals surface area contributed by atoms with E-state index in [0.717, 1.165) is 28.1 Å². The first-order chi connectivity index (χ1) is 13.5. The van der Waals surface area contributed by atoms with Gasteiger partial charge in [0, 0.05) is 10.4 Å². The third kappa shape index (κ3) is 4.70. The molecular weight excluding hydrogens is 395 g/mol. The molecule has 1 heterocycles. The number of anilines is 1. The standard InChI is InChI=1S/C23H22F3NOS/c1-22(2,3)13-17-18(21(27)29-20(17)14-8-5-4-6-9-14)19(28)15-10-7-11-16(12-15)23(24,25)26/h4-12H,13,27H2,1-3H3. The number of ketones is 1. The Kier molecular flexibility index (Phi) is 5.59. The molecule has 29 heavy (non-hydrogen) atoms. The van der Waals surface area contributed by atoms with Crippen molar-refractivity contribution in [1.82, 2.24) is 0 Å². The topological polar surface area (TPSA) is 43.1 Å². The van der Waals surface area contributed by atoms with Crippen LogP contribution in [0, 0.1) is 5.41 Å². The van der Waals surface area contributed by atoms with E-state index in [4.69, 9.17) is 5.73 Å². The van der Waals surface area contributed by atoms with Crippen molar-refractivity contribution in [2.45, 2.75) is 33.4 Å². The quantitative estimate of drug-likeness (QED) is 0.473. The molecule has 0 atom stereocenters. The van der Waals surface area contributed by atoms with Crippen LogP contribution < -0.4 is 5.73 Å². The zero-order valence-corrected chi connectivity index (χ0v) is 17.2. The van der Waals surface area contributed by atoms with Crippen LogP contribution in [0.1, 0.15) is 47.8 Å². The van der Waals surface area contributed by atoms with E-state index in [1.807, 2.05) is 51.1 Å². The van der Waals surface area contributed by atoms with Crippen molar-refractivity contribution < 1.29 is 18.0 Å². The lowest BCUT2D eigenvalue weighted by Gasteiger charge is -2.20. The summed E-state index contributed by atoms with van der Waals surface area (Å²) in [6.07, 6.45) is -3.94. The Labute approximate surface area is 172 Å². The number of hydrogen-bond acceptors (Lipinski definition) is 3. The normalized spacial score (nSPS) is 12.2. The summed E-state index contributed by atoms with van der Waals surface area (Å²) in [4.78, 5) is 14.1. The second kappa shape index (κ2) is 7.67. The maximum Gasteiger partial charge on any atom is 0.416 e. The molecule has 1 aromatic heterocycles. The molecule has 0 aliphatic rings. The van der Waals surface area contributed by atoms with Gasteiger partial charge in [-0.2, -0.15) is 13.2 Å². The molecule has 3 rings (SSSR count). The molecule has 2 aromatic carbocycles. The number of halogens is 3. The minimum absolute atomic E-state index is 0.0147. The molecule has 3 aromatic rings. The maximum absolute atomic E-state index is 13.3. The molecule has 2 N–H and O–H groups in total. The number of rotatable bonds is 4. The third-order valence-electron chi connectivity index (χ3n) is 4.46. The van der Waals surface area contributed by atoms with Gasteiger partial charge >= 0.3 is 6.18 Å². The van der Waals surface area contributed by atoms with E-state index in [0.29, 0.717) is 17.0 Å². The van der Waals surface area contributed by atoms with Crippen LogP contribution in [0.25, 0.3) is 10.4 Å². The summed E-state index contributed by atoms with van der Waals surface area (Å²) in [5.74, 6) is -0.480.